The molecule has 0 aromatic heterocycles. The van der Waals surface area contributed by atoms with E-state index in [2.05, 4.69) is 15.5 Å². The molecule has 0 aliphatic heterocycles. The Labute approximate surface area is 177 Å². The number of amides is 1. The molecular weight excluding hydrogens is 400 g/mol. The number of carbonyl (C=O) groups is 1. The summed E-state index contributed by atoms with van der Waals surface area (Å²) in [4.78, 5) is 12.8. The molecule has 4 aromatic carbocycles. The first-order valence-electron chi connectivity index (χ1n) is 9.10. The Morgan fingerprint density at radius 2 is 1.63 bits per heavy atom. The van der Waals surface area contributed by atoms with Gasteiger partial charge in [0.2, 0.25) is 0 Å². The molecule has 4 N–H and O–H groups in total. The number of halogens is 1. The molecular formula is C23H17ClN4O2. The molecule has 0 radical (unpaired) electrons. The maximum atomic E-state index is 12.8. The van der Waals surface area contributed by atoms with Crippen LogP contribution in [0.3, 0.4) is 0 Å². The van der Waals surface area contributed by atoms with Crippen molar-refractivity contribution in [2.75, 3.05) is 11.1 Å². The number of nitrogen functional groups attached to an aromatic ring is 1. The number of nitrogens with one attached hydrogen (secondary N) is 1. The summed E-state index contributed by atoms with van der Waals surface area (Å²) in [5, 5.41) is 24.0. The van der Waals surface area contributed by atoms with Crippen molar-refractivity contribution in [3.05, 3.63) is 89.4 Å². The molecule has 0 saturated carbocycles. The number of anilines is 2. The van der Waals surface area contributed by atoms with E-state index in [9.17, 15) is 9.90 Å². The molecule has 30 heavy (non-hydrogen) atoms. The van der Waals surface area contributed by atoms with Crippen molar-refractivity contribution in [1.29, 1.82) is 0 Å². The van der Waals surface area contributed by atoms with Crippen LogP contribution in [-0.4, -0.2) is 11.0 Å². The first-order valence-corrected chi connectivity index (χ1v) is 9.48. The molecule has 0 bridgehead atoms. The number of fused-ring (bicyclic) bond motifs is 1. The summed E-state index contributed by atoms with van der Waals surface area (Å²) in [5.41, 5.74) is 7.74. The number of nitrogens with two attached hydrogens (primary N) is 1. The van der Waals surface area contributed by atoms with Gasteiger partial charge in [-0.25, -0.2) is 0 Å². The van der Waals surface area contributed by atoms with Gasteiger partial charge in [0.05, 0.1) is 11.3 Å². The van der Waals surface area contributed by atoms with Gasteiger partial charge in [-0.2, -0.15) is 5.11 Å². The second-order valence-electron chi connectivity index (χ2n) is 6.60. The third kappa shape index (κ3) is 4.09. The van der Waals surface area contributed by atoms with Gasteiger partial charge in [0.1, 0.15) is 5.69 Å². The van der Waals surface area contributed by atoms with Crippen LogP contribution in [0.25, 0.3) is 10.8 Å². The summed E-state index contributed by atoms with van der Waals surface area (Å²) < 4.78 is 0. The molecule has 4 rings (SSSR count). The summed E-state index contributed by atoms with van der Waals surface area (Å²) in [7, 11) is 0. The van der Waals surface area contributed by atoms with Crippen molar-refractivity contribution in [2.24, 2.45) is 10.2 Å². The summed E-state index contributed by atoms with van der Waals surface area (Å²) in [6.07, 6.45) is 0. The lowest BCUT2D eigenvalue weighted by Gasteiger charge is -2.11. The van der Waals surface area contributed by atoms with Crippen LogP contribution in [0, 0.1) is 0 Å². The zero-order valence-electron chi connectivity index (χ0n) is 15.7. The number of azo groups is 1. The number of hydrogen-bond donors (Lipinski definition) is 3. The van der Waals surface area contributed by atoms with Crippen LogP contribution in [0.2, 0.25) is 5.02 Å². The Kier molecular flexibility index (Phi) is 5.32. The molecule has 148 valence electrons. The van der Waals surface area contributed by atoms with E-state index in [1.165, 1.54) is 0 Å². The lowest BCUT2D eigenvalue weighted by Crippen LogP contribution is -2.12. The first-order chi connectivity index (χ1) is 14.5. The molecule has 6 nitrogen and oxygen atoms in total. The molecule has 1 amide bonds. The fourth-order valence-electron chi connectivity index (χ4n) is 2.97. The number of rotatable bonds is 4. The summed E-state index contributed by atoms with van der Waals surface area (Å²) in [5.74, 6) is -0.719. The number of aromatic hydroxyl groups is 1. The maximum absolute atomic E-state index is 12.8. The average molecular weight is 417 g/mol. The highest BCUT2D eigenvalue weighted by molar-refractivity contribution is 6.30. The summed E-state index contributed by atoms with van der Waals surface area (Å²) in [6, 6.07) is 22.5. The minimum absolute atomic E-state index is 0.0925. The van der Waals surface area contributed by atoms with Crippen molar-refractivity contribution in [3.63, 3.8) is 0 Å². The molecule has 0 heterocycles. The lowest BCUT2D eigenvalue weighted by atomic mass is 10.0. The normalized spacial score (nSPS) is 11.1. The average Bonchev–Trinajstić information content (AvgIpc) is 2.75. The molecule has 0 aliphatic rings. The van der Waals surface area contributed by atoms with Crippen LogP contribution in [0.15, 0.2) is 89.1 Å². The summed E-state index contributed by atoms with van der Waals surface area (Å²) in [6.45, 7) is 0. The van der Waals surface area contributed by atoms with E-state index in [0.717, 1.165) is 5.39 Å². The highest BCUT2D eigenvalue weighted by Gasteiger charge is 2.18. The lowest BCUT2D eigenvalue weighted by molar-refractivity contribution is 0.102. The monoisotopic (exact) mass is 416 g/mol. The van der Waals surface area contributed by atoms with Gasteiger partial charge >= 0.3 is 0 Å². The standard InChI is InChI=1S/C23H17ClN4O2/c24-15-5-9-17(10-6-15)26-23(30)20-13-14-3-1-2-4-19(14)21(22(20)29)28-27-18-11-7-16(25)8-12-18/h1-13,29H,25H2,(H,26,30). The third-order valence-electron chi connectivity index (χ3n) is 4.50. The smallest absolute Gasteiger partial charge is 0.259 e. The second-order valence-corrected chi connectivity index (χ2v) is 7.03. The Balaban J connectivity index is 1.75. The number of carbonyl (C=O) groups excluding carboxylic acids is 1. The van der Waals surface area contributed by atoms with Crippen LogP contribution in [0.1, 0.15) is 10.4 Å². The van der Waals surface area contributed by atoms with Crippen molar-refractivity contribution in [2.45, 2.75) is 0 Å². The largest absolute Gasteiger partial charge is 0.505 e. The highest BCUT2D eigenvalue weighted by Crippen LogP contribution is 2.39. The fraction of sp³-hybridized carbons (Fsp3) is 0. The van der Waals surface area contributed by atoms with E-state index in [4.69, 9.17) is 17.3 Å². The zero-order chi connectivity index (χ0) is 21.1. The van der Waals surface area contributed by atoms with Gasteiger partial charge in [-0.1, -0.05) is 35.9 Å². The first kappa shape index (κ1) is 19.4. The van der Waals surface area contributed by atoms with Gasteiger partial charge in [-0.15, -0.1) is 5.11 Å². The topological polar surface area (TPSA) is 100 Å². The van der Waals surface area contributed by atoms with Crippen molar-refractivity contribution in [1.82, 2.24) is 0 Å². The SMILES string of the molecule is Nc1ccc(N=Nc2c(O)c(C(=O)Nc3ccc(Cl)cc3)cc3ccccc23)cc1. The second kappa shape index (κ2) is 8.23. The fourth-order valence-corrected chi connectivity index (χ4v) is 3.10. The van der Waals surface area contributed by atoms with E-state index < -0.39 is 5.91 Å². The molecule has 0 saturated heterocycles. The van der Waals surface area contributed by atoms with Crippen LogP contribution >= 0.6 is 11.6 Å². The minimum atomic E-state index is -0.468. The van der Waals surface area contributed by atoms with Gasteiger partial charge in [0.15, 0.2) is 5.75 Å². The molecule has 0 aliphatic carbocycles. The van der Waals surface area contributed by atoms with E-state index in [0.29, 0.717) is 27.5 Å². The molecule has 0 atom stereocenters. The highest BCUT2D eigenvalue weighted by atomic mass is 35.5. The third-order valence-corrected chi connectivity index (χ3v) is 4.75. The minimum Gasteiger partial charge on any atom is -0.505 e. The predicted octanol–water partition coefficient (Wildman–Crippen LogP) is 6.45. The van der Waals surface area contributed by atoms with Gasteiger partial charge in [-0.05, 0) is 60.0 Å². The summed E-state index contributed by atoms with van der Waals surface area (Å²) >= 11 is 5.89. The van der Waals surface area contributed by atoms with Crippen molar-refractivity contribution in [3.8, 4) is 5.75 Å². The Morgan fingerprint density at radius 3 is 2.37 bits per heavy atom. The molecule has 0 fully saturated rings. The van der Waals surface area contributed by atoms with E-state index in [-0.39, 0.29) is 17.0 Å². The van der Waals surface area contributed by atoms with Crippen LogP contribution < -0.4 is 11.1 Å². The molecule has 4 aromatic rings. The van der Waals surface area contributed by atoms with Crippen LogP contribution in [0.4, 0.5) is 22.7 Å². The quantitative estimate of drug-likeness (QED) is 0.263. The maximum Gasteiger partial charge on any atom is 0.259 e. The van der Waals surface area contributed by atoms with Crippen molar-refractivity contribution < 1.29 is 9.90 Å². The number of nitrogens with zero attached hydrogens (tertiary/aromatic N) is 2. The molecule has 0 spiro atoms. The number of benzene rings is 4. The Bertz CT molecular complexity index is 1250. The number of phenols is 1. The zero-order valence-corrected chi connectivity index (χ0v) is 16.5. The van der Waals surface area contributed by atoms with Gasteiger partial charge in [0, 0.05) is 21.8 Å². The Hall–Kier alpha value is -3.90. The van der Waals surface area contributed by atoms with E-state index in [1.54, 1.807) is 54.6 Å². The van der Waals surface area contributed by atoms with Crippen molar-refractivity contribution >= 4 is 51.0 Å². The van der Waals surface area contributed by atoms with Crippen LogP contribution in [0.5, 0.6) is 5.75 Å². The van der Waals surface area contributed by atoms with Gasteiger partial charge in [0.25, 0.3) is 5.91 Å². The number of hydrogen-bond acceptors (Lipinski definition) is 5. The number of phenolic OH excluding ortho intramolecular Hbond substituents is 1. The Morgan fingerprint density at radius 1 is 0.933 bits per heavy atom. The van der Waals surface area contributed by atoms with E-state index in [1.807, 2.05) is 24.3 Å². The molecule has 7 heteroatoms. The van der Waals surface area contributed by atoms with Gasteiger partial charge < -0.3 is 16.2 Å². The van der Waals surface area contributed by atoms with E-state index >= 15 is 0 Å². The van der Waals surface area contributed by atoms with Gasteiger partial charge in [-0.3, -0.25) is 4.79 Å². The predicted molar refractivity (Wildman–Crippen MR) is 120 cm³/mol. The van der Waals surface area contributed by atoms with Crippen LogP contribution in [-0.2, 0) is 0 Å². The molecule has 0 unspecified atom stereocenters.